The molecule has 0 aromatic heterocycles. The van der Waals surface area contributed by atoms with Gasteiger partial charge in [0.2, 0.25) is 11.8 Å². The number of hydrogen-bond acceptors (Lipinski definition) is 3. The molecule has 2 rings (SSSR count). The second kappa shape index (κ2) is 4.65. The Morgan fingerprint density at radius 2 is 2.11 bits per heavy atom. The van der Waals surface area contributed by atoms with Crippen molar-refractivity contribution in [3.63, 3.8) is 0 Å². The van der Waals surface area contributed by atoms with Crippen molar-refractivity contribution >= 4 is 11.8 Å². The first-order valence-electron chi connectivity index (χ1n) is 6.86. The van der Waals surface area contributed by atoms with E-state index in [2.05, 4.69) is 12.2 Å². The molecule has 2 unspecified atom stereocenters. The molecular weight excluding hydrogens is 230 g/mol. The molecule has 0 aliphatic carbocycles. The lowest BCUT2D eigenvalue weighted by molar-refractivity contribution is -0.162. The van der Waals surface area contributed by atoms with Gasteiger partial charge in [-0.2, -0.15) is 0 Å². The number of hydrogen-bond donors (Lipinski definition) is 1. The van der Waals surface area contributed by atoms with E-state index in [9.17, 15) is 9.59 Å². The number of nitrogens with one attached hydrogen (secondary N) is 1. The minimum atomic E-state index is -0.234. The van der Waals surface area contributed by atoms with E-state index in [-0.39, 0.29) is 28.7 Å². The SMILES string of the molecule is CCCC1C(=O)NC(=O)CC12CCOC(C)(C)C2. The van der Waals surface area contributed by atoms with E-state index in [1.807, 2.05) is 13.8 Å². The fourth-order valence-electron chi connectivity index (χ4n) is 3.68. The smallest absolute Gasteiger partial charge is 0.230 e. The van der Waals surface area contributed by atoms with Gasteiger partial charge < -0.3 is 4.74 Å². The summed E-state index contributed by atoms with van der Waals surface area (Å²) >= 11 is 0. The number of carbonyl (C=O) groups excluding carboxylic acids is 2. The molecule has 2 aliphatic rings. The normalized spacial score (nSPS) is 35.6. The van der Waals surface area contributed by atoms with Gasteiger partial charge in [-0.1, -0.05) is 13.3 Å². The summed E-state index contributed by atoms with van der Waals surface area (Å²) in [4.78, 5) is 23.8. The lowest BCUT2D eigenvalue weighted by Crippen LogP contribution is -2.56. The van der Waals surface area contributed by atoms with E-state index in [1.165, 1.54) is 0 Å². The number of carbonyl (C=O) groups is 2. The summed E-state index contributed by atoms with van der Waals surface area (Å²) in [6.45, 7) is 6.83. The largest absolute Gasteiger partial charge is 0.376 e. The van der Waals surface area contributed by atoms with E-state index >= 15 is 0 Å². The average molecular weight is 253 g/mol. The van der Waals surface area contributed by atoms with Gasteiger partial charge in [0.15, 0.2) is 0 Å². The number of imide groups is 1. The van der Waals surface area contributed by atoms with Crippen LogP contribution in [-0.2, 0) is 14.3 Å². The molecule has 0 aromatic rings. The molecule has 2 fully saturated rings. The summed E-state index contributed by atoms with van der Waals surface area (Å²) in [5.41, 5.74) is -0.417. The highest BCUT2D eigenvalue weighted by molar-refractivity contribution is 5.99. The number of ether oxygens (including phenoxy) is 1. The molecule has 1 spiro atoms. The maximum Gasteiger partial charge on any atom is 0.230 e. The van der Waals surface area contributed by atoms with Crippen molar-refractivity contribution in [3.8, 4) is 0 Å². The zero-order chi connectivity index (χ0) is 13.4. The van der Waals surface area contributed by atoms with Gasteiger partial charge in [-0.25, -0.2) is 0 Å². The summed E-state index contributed by atoms with van der Waals surface area (Å²) < 4.78 is 5.75. The highest BCUT2D eigenvalue weighted by Gasteiger charge is 2.52. The number of piperidine rings is 1. The Morgan fingerprint density at radius 3 is 2.72 bits per heavy atom. The van der Waals surface area contributed by atoms with Gasteiger partial charge in [-0.05, 0) is 38.5 Å². The van der Waals surface area contributed by atoms with Gasteiger partial charge in [-0.3, -0.25) is 14.9 Å². The van der Waals surface area contributed by atoms with Crippen molar-refractivity contribution in [2.24, 2.45) is 11.3 Å². The minimum Gasteiger partial charge on any atom is -0.376 e. The van der Waals surface area contributed by atoms with E-state index in [1.54, 1.807) is 0 Å². The van der Waals surface area contributed by atoms with Crippen molar-refractivity contribution in [1.29, 1.82) is 0 Å². The zero-order valence-electron chi connectivity index (χ0n) is 11.5. The quantitative estimate of drug-likeness (QED) is 0.766. The summed E-state index contributed by atoms with van der Waals surface area (Å²) in [6.07, 6.45) is 3.91. The van der Waals surface area contributed by atoms with Crippen LogP contribution >= 0.6 is 0 Å². The third-order valence-electron chi connectivity index (χ3n) is 4.28. The summed E-state index contributed by atoms with van der Waals surface area (Å²) in [5.74, 6) is -0.237. The summed E-state index contributed by atoms with van der Waals surface area (Å²) in [5, 5.41) is 2.49. The van der Waals surface area contributed by atoms with Crippen molar-refractivity contribution in [2.75, 3.05) is 6.61 Å². The third-order valence-corrected chi connectivity index (χ3v) is 4.28. The van der Waals surface area contributed by atoms with Crippen LogP contribution in [0.25, 0.3) is 0 Å². The molecular formula is C14H23NO3. The Kier molecular flexibility index (Phi) is 3.49. The molecule has 2 amide bonds. The van der Waals surface area contributed by atoms with Gasteiger partial charge in [-0.15, -0.1) is 0 Å². The molecule has 0 aromatic carbocycles. The molecule has 102 valence electrons. The molecule has 0 bridgehead atoms. The van der Waals surface area contributed by atoms with Crippen molar-refractivity contribution < 1.29 is 14.3 Å². The number of amides is 2. The molecule has 2 heterocycles. The Morgan fingerprint density at radius 1 is 1.39 bits per heavy atom. The van der Waals surface area contributed by atoms with Crippen LogP contribution in [0.5, 0.6) is 0 Å². The first-order chi connectivity index (χ1) is 8.38. The molecule has 18 heavy (non-hydrogen) atoms. The monoisotopic (exact) mass is 253 g/mol. The molecule has 4 heteroatoms. The van der Waals surface area contributed by atoms with Crippen LogP contribution in [0.4, 0.5) is 0 Å². The zero-order valence-corrected chi connectivity index (χ0v) is 11.5. The van der Waals surface area contributed by atoms with Crippen LogP contribution < -0.4 is 5.32 Å². The van der Waals surface area contributed by atoms with Crippen LogP contribution in [0.3, 0.4) is 0 Å². The van der Waals surface area contributed by atoms with Gasteiger partial charge in [0.25, 0.3) is 0 Å². The molecule has 4 nitrogen and oxygen atoms in total. The predicted octanol–water partition coefficient (Wildman–Crippen LogP) is 2.02. The molecule has 1 N–H and O–H groups in total. The molecule has 0 saturated carbocycles. The topological polar surface area (TPSA) is 55.4 Å². The van der Waals surface area contributed by atoms with Gasteiger partial charge in [0.1, 0.15) is 0 Å². The highest BCUT2D eigenvalue weighted by Crippen LogP contribution is 2.49. The highest BCUT2D eigenvalue weighted by atomic mass is 16.5. The lowest BCUT2D eigenvalue weighted by atomic mass is 9.61. The van der Waals surface area contributed by atoms with E-state index in [0.717, 1.165) is 25.7 Å². The summed E-state index contributed by atoms with van der Waals surface area (Å²) in [6, 6.07) is 0. The Bertz CT molecular complexity index is 364. The fraction of sp³-hybridized carbons (Fsp3) is 0.857. The third kappa shape index (κ3) is 2.44. The van der Waals surface area contributed by atoms with Crippen molar-refractivity contribution in [1.82, 2.24) is 5.32 Å². The first-order valence-corrected chi connectivity index (χ1v) is 6.86. The first kappa shape index (κ1) is 13.5. The van der Waals surface area contributed by atoms with Crippen LogP contribution in [0, 0.1) is 11.3 Å². The fourth-order valence-corrected chi connectivity index (χ4v) is 3.68. The van der Waals surface area contributed by atoms with Crippen LogP contribution in [0.15, 0.2) is 0 Å². The minimum absolute atomic E-state index is 0.0385. The Labute approximate surface area is 108 Å². The average Bonchev–Trinajstić information content (AvgIpc) is 2.21. The van der Waals surface area contributed by atoms with Gasteiger partial charge in [0.05, 0.1) is 5.60 Å². The van der Waals surface area contributed by atoms with Crippen LogP contribution in [0.2, 0.25) is 0 Å². The second-order valence-electron chi connectivity index (χ2n) is 6.33. The second-order valence-corrected chi connectivity index (χ2v) is 6.33. The summed E-state index contributed by atoms with van der Waals surface area (Å²) in [7, 11) is 0. The molecule has 2 atom stereocenters. The molecule has 2 saturated heterocycles. The van der Waals surface area contributed by atoms with Gasteiger partial charge >= 0.3 is 0 Å². The maximum absolute atomic E-state index is 12.1. The van der Waals surface area contributed by atoms with Crippen LogP contribution in [-0.4, -0.2) is 24.0 Å². The van der Waals surface area contributed by atoms with E-state index < -0.39 is 0 Å². The standard InChI is InChI=1S/C14H23NO3/c1-4-5-10-12(17)15-11(16)8-14(10)6-7-18-13(2,3)9-14/h10H,4-9H2,1-3H3,(H,15,16,17). The Balaban J connectivity index is 2.29. The van der Waals surface area contributed by atoms with Crippen LogP contribution in [0.1, 0.15) is 52.9 Å². The molecule has 2 aliphatic heterocycles. The van der Waals surface area contributed by atoms with E-state index in [4.69, 9.17) is 4.74 Å². The molecule has 0 radical (unpaired) electrons. The van der Waals surface area contributed by atoms with Gasteiger partial charge in [0, 0.05) is 18.9 Å². The van der Waals surface area contributed by atoms with Crippen molar-refractivity contribution in [3.05, 3.63) is 0 Å². The predicted molar refractivity (Wildman–Crippen MR) is 67.9 cm³/mol. The lowest BCUT2D eigenvalue weighted by Gasteiger charge is -2.50. The maximum atomic E-state index is 12.1. The number of rotatable bonds is 2. The van der Waals surface area contributed by atoms with Crippen molar-refractivity contribution in [2.45, 2.75) is 58.5 Å². The van der Waals surface area contributed by atoms with E-state index in [0.29, 0.717) is 13.0 Å². The Hall–Kier alpha value is -0.900.